The van der Waals surface area contributed by atoms with Crippen molar-refractivity contribution in [2.75, 3.05) is 5.75 Å². The van der Waals surface area contributed by atoms with E-state index in [1.54, 1.807) is 6.20 Å². The molecule has 13 nitrogen and oxygen atoms in total. The monoisotopic (exact) mass is 536 g/mol. The average Bonchev–Trinajstić information content (AvgIpc) is 3.25. The average molecular weight is 537 g/mol. The van der Waals surface area contributed by atoms with Crippen molar-refractivity contribution in [3.8, 4) is 0 Å². The summed E-state index contributed by atoms with van der Waals surface area (Å²) in [6.45, 7) is 1.17. The van der Waals surface area contributed by atoms with Gasteiger partial charge in [0.1, 0.15) is 12.1 Å². The van der Waals surface area contributed by atoms with Crippen molar-refractivity contribution in [1.29, 1.82) is 0 Å². The third kappa shape index (κ3) is 8.48. The number of rotatable bonds is 14. The van der Waals surface area contributed by atoms with E-state index in [0.717, 1.165) is 16.5 Å². The van der Waals surface area contributed by atoms with Gasteiger partial charge >= 0.3 is 5.97 Å². The number of aliphatic hydroxyl groups is 1. The number of para-hydroxylation sites is 1. The zero-order valence-corrected chi connectivity index (χ0v) is 21.0. The Hall–Kier alpha value is -3.62. The lowest BCUT2D eigenvalue weighted by atomic mass is 10.0. The third-order valence-electron chi connectivity index (χ3n) is 5.63. The summed E-state index contributed by atoms with van der Waals surface area (Å²) in [4.78, 5) is 63.9. The number of carboxylic acid groups (broad SMARTS) is 1. The molecule has 202 valence electrons. The van der Waals surface area contributed by atoms with Crippen molar-refractivity contribution in [3.63, 3.8) is 0 Å². The molecule has 1 aromatic heterocycles. The van der Waals surface area contributed by atoms with Crippen LogP contribution in [-0.4, -0.2) is 80.8 Å². The number of primary amides is 1. The van der Waals surface area contributed by atoms with Gasteiger partial charge in [-0.2, -0.15) is 12.6 Å². The number of carbonyl (C=O) groups excluding carboxylic acids is 4. The normalized spacial score (nSPS) is 15.1. The van der Waals surface area contributed by atoms with Gasteiger partial charge in [-0.3, -0.25) is 19.2 Å². The summed E-state index contributed by atoms with van der Waals surface area (Å²) in [5, 5.41) is 26.7. The smallest absolute Gasteiger partial charge is 0.328 e. The van der Waals surface area contributed by atoms with Crippen LogP contribution in [0.15, 0.2) is 30.5 Å². The SMILES string of the molecule is CC(O)C(NC(=O)C(CCC(N)=O)NC(=O)C(CS)NC(=O)C(N)Cc1c[nH]c2ccccc12)C(=O)O. The lowest BCUT2D eigenvalue weighted by Gasteiger charge is -2.25. The molecule has 0 bridgehead atoms. The number of aliphatic carboxylic acids is 1. The van der Waals surface area contributed by atoms with Crippen molar-refractivity contribution in [2.24, 2.45) is 11.5 Å². The van der Waals surface area contributed by atoms with E-state index in [9.17, 15) is 34.2 Å². The Morgan fingerprint density at radius 1 is 1.03 bits per heavy atom. The molecule has 5 atom stereocenters. The van der Waals surface area contributed by atoms with Crippen LogP contribution in [0.25, 0.3) is 10.9 Å². The predicted molar refractivity (Wildman–Crippen MR) is 137 cm³/mol. The van der Waals surface area contributed by atoms with E-state index in [4.69, 9.17) is 11.5 Å². The van der Waals surface area contributed by atoms with E-state index in [1.807, 2.05) is 24.3 Å². The van der Waals surface area contributed by atoms with Crippen LogP contribution in [0.2, 0.25) is 0 Å². The predicted octanol–water partition coefficient (Wildman–Crippen LogP) is -1.85. The second kappa shape index (κ2) is 13.6. The molecule has 0 spiro atoms. The Morgan fingerprint density at radius 3 is 2.24 bits per heavy atom. The second-order valence-electron chi connectivity index (χ2n) is 8.55. The van der Waals surface area contributed by atoms with Crippen LogP contribution < -0.4 is 27.4 Å². The lowest BCUT2D eigenvalue weighted by molar-refractivity contribution is -0.145. The molecule has 1 aromatic carbocycles. The number of benzene rings is 1. The molecule has 1 heterocycles. The van der Waals surface area contributed by atoms with Gasteiger partial charge in [-0.1, -0.05) is 18.2 Å². The fourth-order valence-corrected chi connectivity index (χ4v) is 3.83. The number of aliphatic hydroxyl groups excluding tert-OH is 1. The summed E-state index contributed by atoms with van der Waals surface area (Å²) in [6, 6.07) is 2.29. The van der Waals surface area contributed by atoms with Crippen LogP contribution in [-0.2, 0) is 30.4 Å². The number of nitrogens with two attached hydrogens (primary N) is 2. The van der Waals surface area contributed by atoms with Crippen LogP contribution in [0.4, 0.5) is 0 Å². The Labute approximate surface area is 218 Å². The minimum atomic E-state index is -1.65. The van der Waals surface area contributed by atoms with Gasteiger partial charge in [0.15, 0.2) is 6.04 Å². The van der Waals surface area contributed by atoms with Crippen molar-refractivity contribution in [2.45, 2.75) is 56.5 Å². The van der Waals surface area contributed by atoms with E-state index in [0.29, 0.717) is 0 Å². The summed E-state index contributed by atoms with van der Waals surface area (Å²) >= 11 is 4.10. The molecule has 10 N–H and O–H groups in total. The van der Waals surface area contributed by atoms with Gasteiger partial charge in [-0.25, -0.2) is 4.79 Å². The first-order chi connectivity index (χ1) is 17.4. The molecule has 4 amide bonds. The first kappa shape index (κ1) is 29.6. The number of aromatic amines is 1. The number of hydrogen-bond acceptors (Lipinski definition) is 8. The standard InChI is InChI=1S/C23H32N6O7S/c1-11(30)19(23(35)36)29-21(33)16(6-7-18(25)31)27-22(34)17(10-37)28-20(32)14(24)8-12-9-26-15-5-3-2-4-13(12)15/h2-5,9,11,14,16-17,19,26,30,37H,6-8,10,24H2,1H3,(H2,25,31)(H,27,34)(H,28,32)(H,29,33)(H,35,36). The van der Waals surface area contributed by atoms with E-state index in [1.165, 1.54) is 6.92 Å². The largest absolute Gasteiger partial charge is 0.480 e. The third-order valence-corrected chi connectivity index (χ3v) is 5.99. The molecule has 14 heteroatoms. The number of fused-ring (bicyclic) bond motifs is 1. The van der Waals surface area contributed by atoms with Crippen molar-refractivity contribution in [3.05, 3.63) is 36.0 Å². The van der Waals surface area contributed by atoms with Gasteiger partial charge < -0.3 is 42.6 Å². The molecule has 0 saturated heterocycles. The van der Waals surface area contributed by atoms with Crippen LogP contribution >= 0.6 is 12.6 Å². The topological polar surface area (TPSA) is 230 Å². The maximum atomic E-state index is 12.9. The zero-order chi connectivity index (χ0) is 27.7. The van der Waals surface area contributed by atoms with E-state index < -0.39 is 59.9 Å². The maximum Gasteiger partial charge on any atom is 0.328 e. The van der Waals surface area contributed by atoms with E-state index >= 15 is 0 Å². The Bertz CT molecular complexity index is 1140. The molecule has 5 unspecified atom stereocenters. The van der Waals surface area contributed by atoms with Gasteiger partial charge in [0.25, 0.3) is 0 Å². The van der Waals surface area contributed by atoms with E-state index in [-0.39, 0.29) is 25.0 Å². The fraction of sp³-hybridized carbons (Fsp3) is 0.435. The maximum absolute atomic E-state index is 12.9. The number of nitrogens with one attached hydrogen (secondary N) is 4. The first-order valence-electron chi connectivity index (χ1n) is 11.5. The number of amides is 4. The molecule has 0 fully saturated rings. The fourth-order valence-electron chi connectivity index (χ4n) is 3.57. The van der Waals surface area contributed by atoms with Crippen molar-refractivity contribution < 1.29 is 34.2 Å². The van der Waals surface area contributed by atoms with Crippen LogP contribution in [0.3, 0.4) is 0 Å². The van der Waals surface area contributed by atoms with E-state index in [2.05, 4.69) is 33.6 Å². The number of aromatic nitrogens is 1. The van der Waals surface area contributed by atoms with Crippen molar-refractivity contribution in [1.82, 2.24) is 20.9 Å². The summed E-state index contributed by atoms with van der Waals surface area (Å²) in [5.74, 6) is -4.78. The highest BCUT2D eigenvalue weighted by Gasteiger charge is 2.31. The first-order valence-corrected chi connectivity index (χ1v) is 12.1. The summed E-state index contributed by atoms with van der Waals surface area (Å²) in [6.07, 6.45) is -0.0295. The molecule has 0 radical (unpaired) electrons. The molecule has 2 rings (SSSR count). The number of hydrogen-bond donors (Lipinski definition) is 9. The molecular weight excluding hydrogens is 504 g/mol. The molecule has 0 aliphatic heterocycles. The molecule has 0 aliphatic carbocycles. The molecule has 37 heavy (non-hydrogen) atoms. The lowest BCUT2D eigenvalue weighted by Crippen LogP contribution is -2.58. The van der Waals surface area contributed by atoms with Crippen LogP contribution in [0, 0.1) is 0 Å². The number of carboxylic acids is 1. The number of H-pyrrole nitrogens is 1. The second-order valence-corrected chi connectivity index (χ2v) is 8.91. The van der Waals surface area contributed by atoms with Gasteiger partial charge in [0.2, 0.25) is 23.6 Å². The van der Waals surface area contributed by atoms with Gasteiger partial charge in [-0.05, 0) is 31.4 Å². The Kier molecular flexibility index (Phi) is 10.9. The van der Waals surface area contributed by atoms with Crippen molar-refractivity contribution >= 4 is 53.1 Å². The molecule has 2 aromatic rings. The quantitative estimate of drug-likeness (QED) is 0.124. The van der Waals surface area contributed by atoms with Crippen LogP contribution in [0.1, 0.15) is 25.3 Å². The highest BCUT2D eigenvalue weighted by atomic mass is 32.1. The summed E-state index contributed by atoms with van der Waals surface area (Å²) in [7, 11) is 0. The minimum absolute atomic E-state index is 0.146. The highest BCUT2D eigenvalue weighted by molar-refractivity contribution is 7.80. The summed E-state index contributed by atoms with van der Waals surface area (Å²) < 4.78 is 0. The molecule has 0 saturated carbocycles. The number of carbonyl (C=O) groups is 5. The molecule has 0 aliphatic rings. The van der Waals surface area contributed by atoms with Gasteiger partial charge in [-0.15, -0.1) is 0 Å². The Morgan fingerprint density at radius 2 is 1.65 bits per heavy atom. The number of thiol groups is 1. The summed E-state index contributed by atoms with van der Waals surface area (Å²) in [5.41, 5.74) is 12.9. The Balaban J connectivity index is 2.06. The van der Waals surface area contributed by atoms with Crippen LogP contribution in [0.5, 0.6) is 0 Å². The molecular formula is C23H32N6O7S. The highest BCUT2D eigenvalue weighted by Crippen LogP contribution is 2.18. The zero-order valence-electron chi connectivity index (χ0n) is 20.1. The van der Waals surface area contributed by atoms with Gasteiger partial charge in [0.05, 0.1) is 12.1 Å². The minimum Gasteiger partial charge on any atom is -0.480 e. The van der Waals surface area contributed by atoms with Gasteiger partial charge in [0, 0.05) is 29.3 Å².